The maximum atomic E-state index is 11.6. The molecule has 0 spiro atoms. The number of amides is 3. The lowest BCUT2D eigenvalue weighted by atomic mass is 10.3. The number of imide groups is 1. The molecule has 0 bridgehead atoms. The summed E-state index contributed by atoms with van der Waals surface area (Å²) in [6, 6.07) is -0.418. The Balaban J connectivity index is 2.02. The molecule has 20 heavy (non-hydrogen) atoms. The lowest BCUT2D eigenvalue weighted by Crippen LogP contribution is -2.34. The van der Waals surface area contributed by atoms with Crippen LogP contribution >= 0.6 is 0 Å². The van der Waals surface area contributed by atoms with Crippen molar-refractivity contribution in [1.82, 2.24) is 25.2 Å². The average molecular weight is 281 g/mol. The number of rotatable bonds is 5. The maximum absolute atomic E-state index is 11.6. The number of carbonyl (C=O) groups excluding carboxylic acids is 3. The van der Waals surface area contributed by atoms with Crippen molar-refractivity contribution in [3.63, 3.8) is 0 Å². The molecule has 1 saturated heterocycles. The number of urea groups is 1. The summed E-state index contributed by atoms with van der Waals surface area (Å²) in [6.45, 7) is 4.11. The zero-order valence-electron chi connectivity index (χ0n) is 11.3. The molecule has 2 rings (SSSR count). The Labute approximate surface area is 114 Å². The fraction of sp³-hybridized carbons (Fsp3) is 0.545. The SMILES string of the molecule is CCOC(=O)c1nnn(CCN2C(=O)CNC2=O)c1C. The molecule has 1 aromatic rings. The van der Waals surface area contributed by atoms with Crippen molar-refractivity contribution in [2.45, 2.75) is 20.4 Å². The molecule has 9 heteroatoms. The third kappa shape index (κ3) is 2.60. The summed E-state index contributed by atoms with van der Waals surface area (Å²) in [4.78, 5) is 35.5. The van der Waals surface area contributed by atoms with E-state index >= 15 is 0 Å². The zero-order valence-corrected chi connectivity index (χ0v) is 11.3. The van der Waals surface area contributed by atoms with Crippen LogP contribution in [0.1, 0.15) is 23.1 Å². The fourth-order valence-corrected chi connectivity index (χ4v) is 1.84. The van der Waals surface area contributed by atoms with E-state index in [0.29, 0.717) is 5.69 Å². The van der Waals surface area contributed by atoms with Gasteiger partial charge in [0.15, 0.2) is 5.69 Å². The highest BCUT2D eigenvalue weighted by molar-refractivity contribution is 6.01. The van der Waals surface area contributed by atoms with Crippen LogP contribution in [0.25, 0.3) is 0 Å². The van der Waals surface area contributed by atoms with Crippen LogP contribution in [0.4, 0.5) is 4.79 Å². The largest absolute Gasteiger partial charge is 0.461 e. The minimum atomic E-state index is -0.536. The van der Waals surface area contributed by atoms with Gasteiger partial charge in [-0.3, -0.25) is 9.69 Å². The molecular formula is C11H15N5O4. The molecule has 0 radical (unpaired) electrons. The van der Waals surface area contributed by atoms with Gasteiger partial charge in [0.2, 0.25) is 5.91 Å². The van der Waals surface area contributed by atoms with Crippen LogP contribution in [0.2, 0.25) is 0 Å². The molecule has 1 aliphatic heterocycles. The van der Waals surface area contributed by atoms with Gasteiger partial charge in [-0.1, -0.05) is 5.21 Å². The number of hydrogen-bond acceptors (Lipinski definition) is 6. The number of nitrogens with zero attached hydrogens (tertiary/aromatic N) is 4. The summed E-state index contributed by atoms with van der Waals surface area (Å²) >= 11 is 0. The van der Waals surface area contributed by atoms with E-state index in [2.05, 4.69) is 15.6 Å². The summed E-state index contributed by atoms with van der Waals surface area (Å²) in [5, 5.41) is 10.0. The van der Waals surface area contributed by atoms with E-state index in [1.165, 1.54) is 4.68 Å². The maximum Gasteiger partial charge on any atom is 0.360 e. The minimum Gasteiger partial charge on any atom is -0.461 e. The molecule has 1 aromatic heterocycles. The Morgan fingerprint density at radius 1 is 1.40 bits per heavy atom. The Hall–Kier alpha value is -2.45. The van der Waals surface area contributed by atoms with Crippen molar-refractivity contribution in [1.29, 1.82) is 0 Å². The molecule has 108 valence electrons. The van der Waals surface area contributed by atoms with Gasteiger partial charge in [0, 0.05) is 0 Å². The molecule has 0 saturated carbocycles. The van der Waals surface area contributed by atoms with Gasteiger partial charge in [-0.05, 0) is 13.8 Å². The summed E-state index contributed by atoms with van der Waals surface area (Å²) in [7, 11) is 0. The quantitative estimate of drug-likeness (QED) is 0.566. The molecule has 0 aliphatic carbocycles. The second-order valence-electron chi connectivity index (χ2n) is 4.17. The van der Waals surface area contributed by atoms with Crippen molar-refractivity contribution >= 4 is 17.9 Å². The number of esters is 1. The van der Waals surface area contributed by atoms with Gasteiger partial charge in [0.05, 0.1) is 31.9 Å². The number of nitrogens with one attached hydrogen (secondary N) is 1. The van der Waals surface area contributed by atoms with Crippen molar-refractivity contribution < 1.29 is 19.1 Å². The van der Waals surface area contributed by atoms with Crippen LogP contribution in [0.5, 0.6) is 0 Å². The smallest absolute Gasteiger partial charge is 0.360 e. The molecule has 9 nitrogen and oxygen atoms in total. The van der Waals surface area contributed by atoms with E-state index < -0.39 is 12.0 Å². The Morgan fingerprint density at radius 3 is 2.75 bits per heavy atom. The van der Waals surface area contributed by atoms with Gasteiger partial charge < -0.3 is 10.1 Å². The van der Waals surface area contributed by atoms with Crippen molar-refractivity contribution in [3.05, 3.63) is 11.4 Å². The standard InChI is InChI=1S/C11H15N5O4/c1-3-20-10(18)9-7(2)16(14-13-9)5-4-15-8(17)6-12-11(15)19/h3-6H2,1-2H3,(H,12,19). The topological polar surface area (TPSA) is 106 Å². The summed E-state index contributed by atoms with van der Waals surface area (Å²) in [6.07, 6.45) is 0. The predicted molar refractivity (Wildman–Crippen MR) is 65.8 cm³/mol. The molecule has 1 N–H and O–H groups in total. The van der Waals surface area contributed by atoms with Crippen LogP contribution in [0, 0.1) is 6.92 Å². The van der Waals surface area contributed by atoms with Crippen molar-refractivity contribution in [2.24, 2.45) is 0 Å². The monoisotopic (exact) mass is 281 g/mol. The first-order valence-electron chi connectivity index (χ1n) is 6.20. The normalized spacial score (nSPS) is 14.6. The van der Waals surface area contributed by atoms with Crippen LogP contribution in [0.3, 0.4) is 0 Å². The highest BCUT2D eigenvalue weighted by Gasteiger charge is 2.28. The first-order chi connectivity index (χ1) is 9.54. The summed E-state index contributed by atoms with van der Waals surface area (Å²) in [5.74, 6) is -0.815. The minimum absolute atomic E-state index is 0.0171. The molecule has 1 fully saturated rings. The fourth-order valence-electron chi connectivity index (χ4n) is 1.84. The Morgan fingerprint density at radius 2 is 2.15 bits per heavy atom. The van der Waals surface area contributed by atoms with E-state index in [1.807, 2.05) is 0 Å². The van der Waals surface area contributed by atoms with Crippen molar-refractivity contribution in [2.75, 3.05) is 19.7 Å². The molecule has 0 atom stereocenters. The van der Waals surface area contributed by atoms with Crippen molar-refractivity contribution in [3.8, 4) is 0 Å². The van der Waals surface area contributed by atoms with E-state index in [1.54, 1.807) is 13.8 Å². The third-order valence-corrected chi connectivity index (χ3v) is 2.92. The lowest BCUT2D eigenvalue weighted by molar-refractivity contribution is -0.125. The lowest BCUT2D eigenvalue weighted by Gasteiger charge is -2.12. The molecule has 0 aromatic carbocycles. The van der Waals surface area contributed by atoms with Gasteiger partial charge in [0.1, 0.15) is 0 Å². The van der Waals surface area contributed by atoms with Gasteiger partial charge >= 0.3 is 12.0 Å². The van der Waals surface area contributed by atoms with Crippen LogP contribution in [0.15, 0.2) is 0 Å². The predicted octanol–water partition coefficient (Wildman–Crippen LogP) is -0.685. The van der Waals surface area contributed by atoms with E-state index in [9.17, 15) is 14.4 Å². The van der Waals surface area contributed by atoms with Crippen LogP contribution in [-0.2, 0) is 16.1 Å². The van der Waals surface area contributed by atoms with E-state index in [4.69, 9.17) is 4.74 Å². The first kappa shape index (κ1) is 14.0. The number of hydrogen-bond donors (Lipinski definition) is 1. The van der Waals surface area contributed by atoms with Gasteiger partial charge in [0.25, 0.3) is 0 Å². The third-order valence-electron chi connectivity index (χ3n) is 2.92. The van der Waals surface area contributed by atoms with E-state index in [-0.39, 0.29) is 37.8 Å². The summed E-state index contributed by atoms with van der Waals surface area (Å²) in [5.41, 5.74) is 0.680. The van der Waals surface area contributed by atoms with Gasteiger partial charge in [-0.15, -0.1) is 5.10 Å². The number of ether oxygens (including phenoxy) is 1. The Kier molecular flexibility index (Phi) is 3.97. The summed E-state index contributed by atoms with van der Waals surface area (Å²) < 4.78 is 6.31. The molecular weight excluding hydrogens is 266 g/mol. The van der Waals surface area contributed by atoms with E-state index in [0.717, 1.165) is 4.90 Å². The molecule has 0 unspecified atom stereocenters. The average Bonchev–Trinajstić information content (AvgIpc) is 2.92. The Bertz CT molecular complexity index is 537. The first-order valence-corrected chi connectivity index (χ1v) is 6.20. The number of aromatic nitrogens is 3. The van der Waals surface area contributed by atoms with Crippen LogP contribution in [-0.4, -0.2) is 57.5 Å². The zero-order chi connectivity index (χ0) is 14.7. The second kappa shape index (κ2) is 5.68. The molecule has 1 aliphatic rings. The van der Waals surface area contributed by atoms with Crippen LogP contribution < -0.4 is 5.32 Å². The second-order valence-corrected chi connectivity index (χ2v) is 4.17. The molecule has 3 amide bonds. The highest BCUT2D eigenvalue weighted by Crippen LogP contribution is 2.07. The highest BCUT2D eigenvalue weighted by atomic mass is 16.5. The van der Waals surface area contributed by atoms with Gasteiger partial charge in [-0.2, -0.15) is 0 Å². The molecule has 2 heterocycles. The number of carbonyl (C=O) groups is 3. The van der Waals surface area contributed by atoms with Gasteiger partial charge in [-0.25, -0.2) is 14.3 Å².